The van der Waals surface area contributed by atoms with Crippen LogP contribution in [0.5, 0.6) is 0 Å². The van der Waals surface area contributed by atoms with E-state index >= 15 is 0 Å². The SMILES string of the molecule is CCCCCN(CCCC)CCOCC. The lowest BCUT2D eigenvalue weighted by Gasteiger charge is -2.21. The van der Waals surface area contributed by atoms with Crippen LogP contribution in [0.4, 0.5) is 0 Å². The highest BCUT2D eigenvalue weighted by molar-refractivity contribution is 4.57. The zero-order chi connectivity index (χ0) is 11.4. The van der Waals surface area contributed by atoms with Gasteiger partial charge in [-0.05, 0) is 32.9 Å². The van der Waals surface area contributed by atoms with Gasteiger partial charge in [0, 0.05) is 13.2 Å². The van der Waals surface area contributed by atoms with Gasteiger partial charge in [-0.15, -0.1) is 0 Å². The van der Waals surface area contributed by atoms with Crippen molar-refractivity contribution in [3.8, 4) is 0 Å². The van der Waals surface area contributed by atoms with Crippen LogP contribution in [0.3, 0.4) is 0 Å². The molecule has 0 aromatic rings. The number of hydrogen-bond acceptors (Lipinski definition) is 2. The molecule has 0 unspecified atom stereocenters. The van der Waals surface area contributed by atoms with E-state index in [-0.39, 0.29) is 0 Å². The summed E-state index contributed by atoms with van der Waals surface area (Å²) < 4.78 is 5.41. The largest absolute Gasteiger partial charge is 0.380 e. The maximum atomic E-state index is 5.41. The van der Waals surface area contributed by atoms with Crippen molar-refractivity contribution < 1.29 is 4.74 Å². The minimum absolute atomic E-state index is 0.844. The highest BCUT2D eigenvalue weighted by Gasteiger charge is 2.03. The van der Waals surface area contributed by atoms with Crippen molar-refractivity contribution >= 4 is 0 Å². The van der Waals surface area contributed by atoms with E-state index < -0.39 is 0 Å². The van der Waals surface area contributed by atoms with Crippen molar-refractivity contribution in [3.63, 3.8) is 0 Å². The molecule has 0 bridgehead atoms. The molecule has 2 nitrogen and oxygen atoms in total. The van der Waals surface area contributed by atoms with Crippen LogP contribution in [0.25, 0.3) is 0 Å². The van der Waals surface area contributed by atoms with Crippen LogP contribution in [0.2, 0.25) is 0 Å². The van der Waals surface area contributed by atoms with Crippen LogP contribution in [0, 0.1) is 0 Å². The second-order valence-electron chi connectivity index (χ2n) is 4.10. The van der Waals surface area contributed by atoms with Crippen molar-refractivity contribution in [1.82, 2.24) is 4.90 Å². The fraction of sp³-hybridized carbons (Fsp3) is 1.00. The Morgan fingerprint density at radius 2 is 1.47 bits per heavy atom. The normalized spacial score (nSPS) is 11.2. The molecule has 0 atom stereocenters. The summed E-state index contributed by atoms with van der Waals surface area (Å²) in [5.74, 6) is 0. The summed E-state index contributed by atoms with van der Waals surface area (Å²) in [6, 6.07) is 0. The Balaban J connectivity index is 3.53. The minimum Gasteiger partial charge on any atom is -0.380 e. The summed E-state index contributed by atoms with van der Waals surface area (Å²) in [5, 5.41) is 0. The van der Waals surface area contributed by atoms with Crippen molar-refractivity contribution in [2.24, 2.45) is 0 Å². The molecule has 0 aromatic carbocycles. The van der Waals surface area contributed by atoms with Gasteiger partial charge in [-0.2, -0.15) is 0 Å². The van der Waals surface area contributed by atoms with Gasteiger partial charge in [0.25, 0.3) is 0 Å². The minimum atomic E-state index is 0.844. The standard InChI is InChI=1S/C13H29NO/c1-4-7-9-11-14(10-8-5-2)12-13-15-6-3/h4-13H2,1-3H3. The number of unbranched alkanes of at least 4 members (excludes halogenated alkanes) is 3. The second-order valence-corrected chi connectivity index (χ2v) is 4.10. The third kappa shape index (κ3) is 10.2. The zero-order valence-electron chi connectivity index (χ0n) is 10.9. The predicted molar refractivity (Wildman–Crippen MR) is 67.4 cm³/mol. The fourth-order valence-corrected chi connectivity index (χ4v) is 1.64. The first-order valence-corrected chi connectivity index (χ1v) is 6.65. The van der Waals surface area contributed by atoms with Crippen molar-refractivity contribution in [3.05, 3.63) is 0 Å². The van der Waals surface area contributed by atoms with Gasteiger partial charge in [-0.25, -0.2) is 0 Å². The Labute approximate surface area is 96.0 Å². The molecule has 0 aliphatic carbocycles. The molecule has 0 amide bonds. The van der Waals surface area contributed by atoms with Crippen LogP contribution in [-0.4, -0.2) is 37.7 Å². The summed E-state index contributed by atoms with van der Waals surface area (Å²) in [5.41, 5.74) is 0. The van der Waals surface area contributed by atoms with Crippen LogP contribution < -0.4 is 0 Å². The molecule has 0 radical (unpaired) electrons. The van der Waals surface area contributed by atoms with E-state index in [1.165, 1.54) is 45.2 Å². The van der Waals surface area contributed by atoms with Gasteiger partial charge in [0.15, 0.2) is 0 Å². The van der Waals surface area contributed by atoms with Crippen molar-refractivity contribution in [2.45, 2.75) is 52.9 Å². The molecular weight excluding hydrogens is 186 g/mol. The van der Waals surface area contributed by atoms with Crippen LogP contribution in [-0.2, 0) is 4.74 Å². The van der Waals surface area contributed by atoms with E-state index in [1.807, 2.05) is 0 Å². The number of ether oxygens (including phenoxy) is 1. The third-order valence-electron chi connectivity index (χ3n) is 2.66. The first-order valence-electron chi connectivity index (χ1n) is 6.65. The molecule has 0 saturated heterocycles. The molecule has 15 heavy (non-hydrogen) atoms. The lowest BCUT2D eigenvalue weighted by molar-refractivity contribution is 0.112. The van der Waals surface area contributed by atoms with Crippen LogP contribution in [0.15, 0.2) is 0 Å². The van der Waals surface area contributed by atoms with Gasteiger partial charge >= 0.3 is 0 Å². The summed E-state index contributed by atoms with van der Waals surface area (Å²) in [6.45, 7) is 11.9. The molecule has 0 saturated carbocycles. The first kappa shape index (κ1) is 14.9. The lowest BCUT2D eigenvalue weighted by atomic mass is 10.2. The molecule has 2 heteroatoms. The van der Waals surface area contributed by atoms with Gasteiger partial charge in [-0.3, -0.25) is 0 Å². The maximum absolute atomic E-state index is 5.41. The first-order chi connectivity index (χ1) is 7.35. The van der Waals surface area contributed by atoms with Crippen LogP contribution in [0.1, 0.15) is 52.9 Å². The number of hydrogen-bond donors (Lipinski definition) is 0. The smallest absolute Gasteiger partial charge is 0.0593 e. The Bertz CT molecular complexity index is 107. The van der Waals surface area contributed by atoms with Gasteiger partial charge in [0.05, 0.1) is 6.61 Å². The number of rotatable bonds is 11. The summed E-state index contributed by atoms with van der Waals surface area (Å²) in [6.07, 6.45) is 6.62. The zero-order valence-corrected chi connectivity index (χ0v) is 10.9. The van der Waals surface area contributed by atoms with Crippen LogP contribution >= 0.6 is 0 Å². The van der Waals surface area contributed by atoms with E-state index in [4.69, 9.17) is 4.74 Å². The fourth-order valence-electron chi connectivity index (χ4n) is 1.64. The number of nitrogens with zero attached hydrogens (tertiary/aromatic N) is 1. The molecular formula is C13H29NO. The highest BCUT2D eigenvalue weighted by atomic mass is 16.5. The van der Waals surface area contributed by atoms with E-state index in [0.29, 0.717) is 0 Å². The molecule has 0 aromatic heterocycles. The lowest BCUT2D eigenvalue weighted by Crippen LogP contribution is -2.29. The Hall–Kier alpha value is -0.0800. The Morgan fingerprint density at radius 1 is 0.800 bits per heavy atom. The quantitative estimate of drug-likeness (QED) is 0.490. The molecule has 0 N–H and O–H groups in total. The average Bonchev–Trinajstić information content (AvgIpc) is 2.25. The van der Waals surface area contributed by atoms with Gasteiger partial charge in [0.2, 0.25) is 0 Å². The third-order valence-corrected chi connectivity index (χ3v) is 2.66. The molecule has 0 spiro atoms. The van der Waals surface area contributed by atoms with E-state index in [0.717, 1.165) is 19.8 Å². The summed E-state index contributed by atoms with van der Waals surface area (Å²) in [7, 11) is 0. The maximum Gasteiger partial charge on any atom is 0.0593 e. The molecule has 0 rings (SSSR count). The van der Waals surface area contributed by atoms with E-state index in [9.17, 15) is 0 Å². The predicted octanol–water partition coefficient (Wildman–Crippen LogP) is 3.32. The average molecular weight is 215 g/mol. The van der Waals surface area contributed by atoms with Gasteiger partial charge < -0.3 is 9.64 Å². The molecule has 0 aliphatic rings. The monoisotopic (exact) mass is 215 g/mol. The van der Waals surface area contributed by atoms with Crippen molar-refractivity contribution in [1.29, 1.82) is 0 Å². The molecule has 0 aliphatic heterocycles. The Morgan fingerprint density at radius 3 is 2.07 bits per heavy atom. The van der Waals surface area contributed by atoms with Gasteiger partial charge in [0.1, 0.15) is 0 Å². The van der Waals surface area contributed by atoms with E-state index in [1.54, 1.807) is 0 Å². The molecule has 0 fully saturated rings. The topological polar surface area (TPSA) is 12.5 Å². The summed E-state index contributed by atoms with van der Waals surface area (Å²) >= 11 is 0. The highest BCUT2D eigenvalue weighted by Crippen LogP contribution is 2.01. The van der Waals surface area contributed by atoms with Crippen molar-refractivity contribution in [2.75, 3.05) is 32.8 Å². The van der Waals surface area contributed by atoms with Gasteiger partial charge in [-0.1, -0.05) is 33.1 Å². The molecule has 0 heterocycles. The molecule has 92 valence electrons. The second kappa shape index (κ2) is 12.0. The summed E-state index contributed by atoms with van der Waals surface area (Å²) in [4.78, 5) is 2.55. The van der Waals surface area contributed by atoms with E-state index in [2.05, 4.69) is 25.7 Å². The Kier molecular flexibility index (Phi) is 11.9.